The second-order valence-electron chi connectivity index (χ2n) is 7.40. The molecule has 0 saturated heterocycles. The molecule has 0 atom stereocenters. The lowest BCUT2D eigenvalue weighted by molar-refractivity contribution is 0.197. The fourth-order valence-electron chi connectivity index (χ4n) is 3.73. The van der Waals surface area contributed by atoms with Gasteiger partial charge in [0.05, 0.1) is 0 Å². The highest BCUT2D eigenvalue weighted by atomic mass is 32.1. The molecule has 0 aliphatic heterocycles. The van der Waals surface area contributed by atoms with Gasteiger partial charge < -0.3 is 0 Å². The second kappa shape index (κ2) is 6.83. The molecule has 0 spiro atoms. The molecule has 0 nitrogen and oxygen atoms in total. The molecule has 0 N–H and O–H groups in total. The maximum atomic E-state index is 2.49. The van der Waals surface area contributed by atoms with Crippen LogP contribution in [0.15, 0.2) is 17.5 Å². The third-order valence-corrected chi connectivity index (χ3v) is 7.32. The van der Waals surface area contributed by atoms with Crippen molar-refractivity contribution in [3.8, 4) is 0 Å². The molecule has 2 heterocycles. The minimum absolute atomic E-state index is 0.346. The van der Waals surface area contributed by atoms with E-state index in [0.717, 1.165) is 5.92 Å². The van der Waals surface area contributed by atoms with Crippen LogP contribution in [0.5, 0.6) is 0 Å². The van der Waals surface area contributed by atoms with Crippen molar-refractivity contribution < 1.29 is 0 Å². The van der Waals surface area contributed by atoms with Gasteiger partial charge in [-0.15, -0.1) is 22.7 Å². The molecule has 2 heteroatoms. The van der Waals surface area contributed by atoms with Crippen molar-refractivity contribution in [2.45, 2.75) is 66.2 Å². The number of hydrogen-bond acceptors (Lipinski definition) is 2. The van der Waals surface area contributed by atoms with E-state index in [0.29, 0.717) is 17.3 Å². The Morgan fingerprint density at radius 2 is 1.67 bits per heavy atom. The smallest absolute Gasteiger partial charge is 0.0453 e. The minimum Gasteiger partial charge on any atom is -0.143 e. The molecule has 2 aromatic rings. The topological polar surface area (TPSA) is 0 Å². The van der Waals surface area contributed by atoms with E-state index in [-0.39, 0.29) is 0 Å². The Labute approximate surface area is 138 Å². The molecule has 0 saturated carbocycles. The van der Waals surface area contributed by atoms with E-state index in [2.05, 4.69) is 59.1 Å². The van der Waals surface area contributed by atoms with Crippen molar-refractivity contribution in [1.29, 1.82) is 0 Å². The van der Waals surface area contributed by atoms with Gasteiger partial charge >= 0.3 is 0 Å². The van der Waals surface area contributed by atoms with Crippen LogP contribution in [0.4, 0.5) is 0 Å². The monoisotopic (exact) mass is 322 g/mol. The Bertz CT molecular complexity index is 520. The average Bonchev–Trinajstić information content (AvgIpc) is 2.93. The normalized spacial score (nSPS) is 13.2. The van der Waals surface area contributed by atoms with Crippen LogP contribution in [0.25, 0.3) is 9.40 Å². The first kappa shape index (κ1) is 17.0. The van der Waals surface area contributed by atoms with E-state index < -0.39 is 0 Å². The summed E-state index contributed by atoms with van der Waals surface area (Å²) >= 11 is 3.92. The van der Waals surface area contributed by atoms with Gasteiger partial charge in [-0.1, -0.05) is 54.4 Å². The number of fused-ring (bicyclic) bond motifs is 1. The van der Waals surface area contributed by atoms with Crippen LogP contribution < -0.4 is 0 Å². The molecule has 2 rings (SSSR count). The van der Waals surface area contributed by atoms with Crippen molar-refractivity contribution in [3.05, 3.63) is 22.4 Å². The Hall–Kier alpha value is -0.340. The Kier molecular flexibility index (Phi) is 5.54. The summed E-state index contributed by atoms with van der Waals surface area (Å²) in [7, 11) is 0. The zero-order valence-corrected chi connectivity index (χ0v) is 16.0. The predicted octanol–water partition coefficient (Wildman–Crippen LogP) is 7.34. The van der Waals surface area contributed by atoms with Crippen LogP contribution in [0.1, 0.15) is 65.7 Å². The van der Waals surface area contributed by atoms with Gasteiger partial charge in [0.1, 0.15) is 0 Å². The first-order valence-electron chi connectivity index (χ1n) is 8.35. The van der Waals surface area contributed by atoms with Gasteiger partial charge in [0.15, 0.2) is 0 Å². The molecule has 0 fully saturated rings. The zero-order chi connectivity index (χ0) is 15.6. The standard InChI is InChI=1S/C19H30S2/c1-13(2)8-7-10-19(14(3)4,15(5)6)18-12-17-16(21-18)9-11-20-17/h9,11-15H,7-8,10H2,1-6H3. The van der Waals surface area contributed by atoms with Gasteiger partial charge in [0.25, 0.3) is 0 Å². The van der Waals surface area contributed by atoms with Crippen LogP contribution in [-0.4, -0.2) is 0 Å². The number of thiophene rings is 2. The zero-order valence-electron chi connectivity index (χ0n) is 14.4. The molecule has 0 aliphatic rings. The molecule has 21 heavy (non-hydrogen) atoms. The van der Waals surface area contributed by atoms with Gasteiger partial charge in [0.2, 0.25) is 0 Å². The molecular weight excluding hydrogens is 292 g/mol. The second-order valence-corrected chi connectivity index (χ2v) is 9.43. The fourth-order valence-corrected chi connectivity index (χ4v) is 6.36. The fraction of sp³-hybridized carbons (Fsp3) is 0.684. The molecule has 0 bridgehead atoms. The van der Waals surface area contributed by atoms with Crippen LogP contribution in [0.2, 0.25) is 0 Å². The minimum atomic E-state index is 0.346. The molecule has 0 amide bonds. The van der Waals surface area contributed by atoms with E-state index in [9.17, 15) is 0 Å². The predicted molar refractivity (Wildman–Crippen MR) is 99.7 cm³/mol. The molecular formula is C19H30S2. The molecule has 118 valence electrons. The lowest BCUT2D eigenvalue weighted by Gasteiger charge is -2.41. The van der Waals surface area contributed by atoms with Crippen molar-refractivity contribution in [3.63, 3.8) is 0 Å². The summed E-state index contributed by atoms with van der Waals surface area (Å²) in [6.07, 6.45) is 4.02. The van der Waals surface area contributed by atoms with Gasteiger partial charge in [-0.05, 0) is 41.7 Å². The van der Waals surface area contributed by atoms with Gasteiger partial charge in [-0.2, -0.15) is 0 Å². The Balaban J connectivity index is 2.36. The summed E-state index contributed by atoms with van der Waals surface area (Å²) < 4.78 is 2.95. The Morgan fingerprint density at radius 1 is 1.00 bits per heavy atom. The van der Waals surface area contributed by atoms with Crippen molar-refractivity contribution >= 4 is 32.1 Å². The largest absolute Gasteiger partial charge is 0.143 e. The summed E-state index contributed by atoms with van der Waals surface area (Å²) in [5, 5.41) is 2.22. The maximum absolute atomic E-state index is 2.49. The number of hydrogen-bond donors (Lipinski definition) is 0. The average molecular weight is 323 g/mol. The molecule has 0 aliphatic carbocycles. The Morgan fingerprint density at radius 3 is 2.19 bits per heavy atom. The van der Waals surface area contributed by atoms with Crippen LogP contribution >= 0.6 is 22.7 Å². The lowest BCUT2D eigenvalue weighted by atomic mass is 9.65. The van der Waals surface area contributed by atoms with E-state index in [1.807, 2.05) is 22.7 Å². The maximum Gasteiger partial charge on any atom is 0.0453 e. The molecule has 0 aromatic carbocycles. The molecule has 2 aromatic heterocycles. The van der Waals surface area contributed by atoms with Crippen molar-refractivity contribution in [2.75, 3.05) is 0 Å². The molecule has 0 radical (unpaired) electrons. The highest BCUT2D eigenvalue weighted by molar-refractivity contribution is 7.27. The van der Waals surface area contributed by atoms with E-state index in [1.165, 1.54) is 28.7 Å². The van der Waals surface area contributed by atoms with Crippen molar-refractivity contribution in [2.24, 2.45) is 17.8 Å². The summed E-state index contributed by atoms with van der Waals surface area (Å²) in [6.45, 7) is 14.4. The number of rotatable bonds is 7. The summed E-state index contributed by atoms with van der Waals surface area (Å²) in [5.41, 5.74) is 0.346. The van der Waals surface area contributed by atoms with Gasteiger partial charge in [-0.25, -0.2) is 0 Å². The van der Waals surface area contributed by atoms with E-state index in [4.69, 9.17) is 0 Å². The van der Waals surface area contributed by atoms with Crippen LogP contribution in [0, 0.1) is 17.8 Å². The third kappa shape index (κ3) is 3.37. The van der Waals surface area contributed by atoms with Crippen LogP contribution in [0.3, 0.4) is 0 Å². The van der Waals surface area contributed by atoms with Gasteiger partial charge in [-0.3, -0.25) is 0 Å². The third-order valence-electron chi connectivity index (χ3n) is 5.03. The van der Waals surface area contributed by atoms with Crippen molar-refractivity contribution in [1.82, 2.24) is 0 Å². The first-order valence-corrected chi connectivity index (χ1v) is 10.0. The highest BCUT2D eigenvalue weighted by Gasteiger charge is 2.39. The first-order chi connectivity index (χ1) is 9.87. The quantitative estimate of drug-likeness (QED) is 0.500. The summed E-state index contributed by atoms with van der Waals surface area (Å²) in [4.78, 5) is 1.62. The van der Waals surface area contributed by atoms with E-state index in [1.54, 1.807) is 4.88 Å². The molecule has 0 unspecified atom stereocenters. The van der Waals surface area contributed by atoms with E-state index >= 15 is 0 Å². The lowest BCUT2D eigenvalue weighted by Crippen LogP contribution is -2.37. The SMILES string of the molecule is CC(C)CCCC(c1cc2sccc2s1)(C(C)C)C(C)C. The summed E-state index contributed by atoms with van der Waals surface area (Å²) in [5.74, 6) is 2.20. The van der Waals surface area contributed by atoms with Gasteiger partial charge in [0, 0.05) is 19.7 Å². The summed E-state index contributed by atoms with van der Waals surface area (Å²) in [6, 6.07) is 4.77. The van der Waals surface area contributed by atoms with Crippen LogP contribution in [-0.2, 0) is 5.41 Å². The highest BCUT2D eigenvalue weighted by Crippen LogP contribution is 2.48.